The number of nitriles is 1. The van der Waals surface area contributed by atoms with Gasteiger partial charge in [-0.1, -0.05) is 43.7 Å². The molecular weight excluding hydrogens is 214 g/mol. The highest BCUT2D eigenvalue weighted by Crippen LogP contribution is 2.07. The van der Waals surface area contributed by atoms with E-state index >= 15 is 0 Å². The third kappa shape index (κ3) is 4.52. The number of rotatable bonds is 5. The van der Waals surface area contributed by atoms with Crippen LogP contribution in [0.4, 0.5) is 0 Å². The molecule has 0 unspecified atom stereocenters. The largest absolute Gasteiger partial charge is 0.462 e. The van der Waals surface area contributed by atoms with Gasteiger partial charge in [0.25, 0.3) is 0 Å². The SMILES string of the molecule is CCCCOC(=O)/C(C#N)=C\c1ccccc1. The summed E-state index contributed by atoms with van der Waals surface area (Å²) in [5.41, 5.74) is 0.851. The molecule has 3 nitrogen and oxygen atoms in total. The fourth-order valence-corrected chi connectivity index (χ4v) is 1.24. The maximum atomic E-state index is 11.5. The van der Waals surface area contributed by atoms with Gasteiger partial charge in [-0.25, -0.2) is 4.79 Å². The van der Waals surface area contributed by atoms with Gasteiger partial charge in [0.05, 0.1) is 6.61 Å². The maximum absolute atomic E-state index is 11.5. The Morgan fingerprint density at radius 3 is 2.71 bits per heavy atom. The number of unbranched alkanes of at least 4 members (excludes halogenated alkanes) is 1. The predicted octanol–water partition coefficient (Wildman–Crippen LogP) is 2.94. The minimum atomic E-state index is -0.551. The molecule has 0 spiro atoms. The maximum Gasteiger partial charge on any atom is 0.348 e. The summed E-state index contributed by atoms with van der Waals surface area (Å²) in [6.07, 6.45) is 3.31. The molecule has 1 aromatic carbocycles. The van der Waals surface area contributed by atoms with Crippen molar-refractivity contribution in [3.05, 3.63) is 41.5 Å². The van der Waals surface area contributed by atoms with E-state index in [-0.39, 0.29) is 5.57 Å². The molecule has 0 atom stereocenters. The molecule has 0 N–H and O–H groups in total. The van der Waals surface area contributed by atoms with Gasteiger partial charge in [0, 0.05) is 0 Å². The first-order valence-corrected chi connectivity index (χ1v) is 5.62. The number of esters is 1. The second-order valence-corrected chi connectivity index (χ2v) is 3.57. The molecule has 0 aromatic heterocycles. The second kappa shape index (κ2) is 7.24. The van der Waals surface area contributed by atoms with Crippen molar-refractivity contribution >= 4 is 12.0 Å². The normalized spacial score (nSPS) is 10.7. The summed E-state index contributed by atoms with van der Waals surface area (Å²) in [5, 5.41) is 8.90. The Morgan fingerprint density at radius 2 is 2.12 bits per heavy atom. The summed E-state index contributed by atoms with van der Waals surface area (Å²) >= 11 is 0. The molecule has 88 valence electrons. The number of carbonyl (C=O) groups is 1. The molecule has 3 heteroatoms. The van der Waals surface area contributed by atoms with E-state index < -0.39 is 5.97 Å². The summed E-state index contributed by atoms with van der Waals surface area (Å²) in [6.45, 7) is 2.38. The van der Waals surface area contributed by atoms with E-state index in [0.29, 0.717) is 6.61 Å². The van der Waals surface area contributed by atoms with E-state index in [1.165, 1.54) is 6.08 Å². The third-order valence-corrected chi connectivity index (χ3v) is 2.18. The summed E-state index contributed by atoms with van der Waals surface area (Å²) in [7, 11) is 0. The lowest BCUT2D eigenvalue weighted by molar-refractivity contribution is -0.138. The highest BCUT2D eigenvalue weighted by atomic mass is 16.5. The van der Waals surface area contributed by atoms with Gasteiger partial charge in [-0.05, 0) is 18.1 Å². The van der Waals surface area contributed by atoms with Crippen molar-refractivity contribution in [2.24, 2.45) is 0 Å². The molecule has 0 heterocycles. The van der Waals surface area contributed by atoms with Crippen LogP contribution in [0.3, 0.4) is 0 Å². The van der Waals surface area contributed by atoms with Gasteiger partial charge in [0.15, 0.2) is 0 Å². The summed E-state index contributed by atoms with van der Waals surface area (Å²) < 4.78 is 4.98. The van der Waals surface area contributed by atoms with Crippen molar-refractivity contribution in [2.45, 2.75) is 19.8 Å². The Hall–Kier alpha value is -2.08. The molecule has 1 rings (SSSR count). The van der Waals surface area contributed by atoms with Crippen LogP contribution >= 0.6 is 0 Å². The van der Waals surface area contributed by atoms with Crippen molar-refractivity contribution < 1.29 is 9.53 Å². The zero-order chi connectivity index (χ0) is 12.5. The Bertz CT molecular complexity index is 429. The summed E-state index contributed by atoms with van der Waals surface area (Å²) in [4.78, 5) is 11.5. The van der Waals surface area contributed by atoms with Crippen LogP contribution in [-0.4, -0.2) is 12.6 Å². The van der Waals surface area contributed by atoms with E-state index in [0.717, 1.165) is 18.4 Å². The molecule has 0 fully saturated rings. The van der Waals surface area contributed by atoms with Crippen LogP contribution in [-0.2, 0) is 9.53 Å². The number of hydrogen-bond donors (Lipinski definition) is 0. The Morgan fingerprint density at radius 1 is 1.41 bits per heavy atom. The van der Waals surface area contributed by atoms with Gasteiger partial charge < -0.3 is 4.74 Å². The predicted molar refractivity (Wildman–Crippen MR) is 65.9 cm³/mol. The fourth-order valence-electron chi connectivity index (χ4n) is 1.24. The van der Waals surface area contributed by atoms with Crippen LogP contribution in [0.2, 0.25) is 0 Å². The molecule has 0 saturated heterocycles. The van der Waals surface area contributed by atoms with Crippen LogP contribution < -0.4 is 0 Å². The molecule has 0 bridgehead atoms. The average molecular weight is 229 g/mol. The highest BCUT2D eigenvalue weighted by Gasteiger charge is 2.09. The van der Waals surface area contributed by atoms with Crippen molar-refractivity contribution in [1.29, 1.82) is 5.26 Å². The van der Waals surface area contributed by atoms with Gasteiger partial charge in [-0.2, -0.15) is 5.26 Å². The van der Waals surface area contributed by atoms with Crippen molar-refractivity contribution in [3.63, 3.8) is 0 Å². The average Bonchev–Trinajstić information content (AvgIpc) is 2.37. The van der Waals surface area contributed by atoms with Gasteiger partial charge in [-0.15, -0.1) is 0 Å². The molecular formula is C14H15NO2. The van der Waals surface area contributed by atoms with E-state index in [2.05, 4.69) is 0 Å². The van der Waals surface area contributed by atoms with Gasteiger partial charge >= 0.3 is 5.97 Å². The molecule has 0 saturated carbocycles. The lowest BCUT2D eigenvalue weighted by atomic mass is 10.1. The lowest BCUT2D eigenvalue weighted by Gasteiger charge is -2.02. The van der Waals surface area contributed by atoms with Gasteiger partial charge in [0.2, 0.25) is 0 Å². The number of benzene rings is 1. The van der Waals surface area contributed by atoms with Crippen LogP contribution in [0.1, 0.15) is 25.3 Å². The number of carbonyl (C=O) groups excluding carboxylic acids is 1. The van der Waals surface area contributed by atoms with Crippen molar-refractivity contribution in [1.82, 2.24) is 0 Å². The second-order valence-electron chi connectivity index (χ2n) is 3.57. The fraction of sp³-hybridized carbons (Fsp3) is 0.286. The van der Waals surface area contributed by atoms with Gasteiger partial charge in [0.1, 0.15) is 11.6 Å². The van der Waals surface area contributed by atoms with E-state index in [4.69, 9.17) is 10.00 Å². The highest BCUT2D eigenvalue weighted by molar-refractivity contribution is 5.97. The quantitative estimate of drug-likeness (QED) is 0.337. The van der Waals surface area contributed by atoms with E-state index in [1.807, 2.05) is 43.3 Å². The molecule has 0 amide bonds. The summed E-state index contributed by atoms with van der Waals surface area (Å²) in [5.74, 6) is -0.551. The smallest absolute Gasteiger partial charge is 0.348 e. The van der Waals surface area contributed by atoms with Crippen molar-refractivity contribution in [3.8, 4) is 6.07 Å². The third-order valence-electron chi connectivity index (χ3n) is 2.18. The van der Waals surface area contributed by atoms with Gasteiger partial charge in [-0.3, -0.25) is 0 Å². The van der Waals surface area contributed by atoms with E-state index in [9.17, 15) is 4.79 Å². The van der Waals surface area contributed by atoms with E-state index in [1.54, 1.807) is 0 Å². The minimum absolute atomic E-state index is 0.0345. The molecule has 1 aromatic rings. The summed E-state index contributed by atoms with van der Waals surface area (Å²) in [6, 6.07) is 11.1. The Kier molecular flexibility index (Phi) is 5.53. The Balaban J connectivity index is 2.69. The first-order valence-electron chi connectivity index (χ1n) is 5.62. The standard InChI is InChI=1S/C14H15NO2/c1-2-3-9-17-14(16)13(11-15)10-12-7-5-4-6-8-12/h4-8,10H,2-3,9H2,1H3/b13-10-. The first kappa shape index (κ1) is 13.0. The number of hydrogen-bond acceptors (Lipinski definition) is 3. The number of nitrogens with zero attached hydrogens (tertiary/aromatic N) is 1. The van der Waals surface area contributed by atoms with Crippen molar-refractivity contribution in [2.75, 3.05) is 6.61 Å². The minimum Gasteiger partial charge on any atom is -0.462 e. The molecule has 0 aliphatic heterocycles. The van der Waals surface area contributed by atoms with Crippen LogP contribution in [0.5, 0.6) is 0 Å². The zero-order valence-electron chi connectivity index (χ0n) is 9.85. The monoisotopic (exact) mass is 229 g/mol. The topological polar surface area (TPSA) is 50.1 Å². The molecule has 0 aliphatic carbocycles. The molecule has 0 radical (unpaired) electrons. The number of ether oxygens (including phenoxy) is 1. The zero-order valence-corrected chi connectivity index (χ0v) is 9.85. The lowest BCUT2D eigenvalue weighted by Crippen LogP contribution is -2.07. The first-order chi connectivity index (χ1) is 8.27. The Labute approximate surface area is 101 Å². The molecule has 0 aliphatic rings. The van der Waals surface area contributed by atoms with Crippen LogP contribution in [0.25, 0.3) is 6.08 Å². The molecule has 17 heavy (non-hydrogen) atoms. The van der Waals surface area contributed by atoms with Crippen LogP contribution in [0.15, 0.2) is 35.9 Å². The van der Waals surface area contributed by atoms with Crippen LogP contribution in [0, 0.1) is 11.3 Å².